The van der Waals surface area contributed by atoms with Crippen LogP contribution in [0.1, 0.15) is 48.6 Å². The number of fused-ring (bicyclic) bond motifs is 1. The molecule has 2 aliphatic rings. The number of carbonyl (C=O) groups is 2. The zero-order valence-corrected chi connectivity index (χ0v) is 22.6. The molecule has 212 valence electrons. The first kappa shape index (κ1) is 29.3. The number of hydrogen-bond acceptors (Lipinski definition) is 9. The number of rotatable bonds is 7. The predicted octanol–water partition coefficient (Wildman–Crippen LogP) is 4.79. The zero-order chi connectivity index (χ0) is 27.7. The maximum atomic E-state index is 14.6. The van der Waals surface area contributed by atoms with Crippen LogP contribution in [0.25, 0.3) is 0 Å². The van der Waals surface area contributed by atoms with Gasteiger partial charge in [-0.15, -0.1) is 11.3 Å². The summed E-state index contributed by atoms with van der Waals surface area (Å²) >= 11 is 7.60. The molecule has 2 atom stereocenters. The Morgan fingerprint density at radius 2 is 2.10 bits per heavy atom. The van der Waals surface area contributed by atoms with Gasteiger partial charge in [0, 0.05) is 35.0 Å². The molecule has 0 bridgehead atoms. The fourth-order valence-electron chi connectivity index (χ4n) is 4.83. The second-order valence-corrected chi connectivity index (χ2v) is 10.2. The maximum absolute atomic E-state index is 14.6. The summed E-state index contributed by atoms with van der Waals surface area (Å²) in [7, 11) is 1.32. The number of allylic oxidation sites excluding steroid dienone is 1. The van der Waals surface area contributed by atoms with Crippen molar-refractivity contribution in [3.05, 3.63) is 79.7 Å². The predicted molar refractivity (Wildman–Crippen MR) is 146 cm³/mol. The third-order valence-electron chi connectivity index (χ3n) is 6.61. The number of carbonyl (C=O) groups excluding carboxylic acids is 2. The first-order valence-electron chi connectivity index (χ1n) is 12.2. The first-order chi connectivity index (χ1) is 18.8. The molecule has 2 aromatic heterocycles. The van der Waals surface area contributed by atoms with E-state index >= 15 is 0 Å². The van der Waals surface area contributed by atoms with Gasteiger partial charge in [0.25, 0.3) is 0 Å². The van der Waals surface area contributed by atoms with E-state index in [1.165, 1.54) is 24.5 Å². The third-order valence-corrected chi connectivity index (χ3v) is 7.78. The molecule has 0 fully saturated rings. The number of aromatic nitrogens is 3. The minimum absolute atomic E-state index is 0. The van der Waals surface area contributed by atoms with E-state index < -0.39 is 34.6 Å². The number of methoxy groups -OCH3 is 1. The molecule has 0 spiro atoms. The highest BCUT2D eigenvalue weighted by Crippen LogP contribution is 2.41. The maximum Gasteiger partial charge on any atom is 0.338 e. The summed E-state index contributed by atoms with van der Waals surface area (Å²) in [6, 6.07) is 1.22. The third kappa shape index (κ3) is 5.64. The molecule has 0 saturated carbocycles. The number of nitrogens with zero attached hydrogens (tertiary/aromatic N) is 4. The van der Waals surface area contributed by atoms with E-state index in [9.17, 15) is 18.4 Å². The molecule has 0 saturated heterocycles. The molecular formula is C27H28ClF2N5O4S. The number of amidine groups is 1. The quantitative estimate of drug-likeness (QED) is 0.311. The molecule has 13 heteroatoms. The van der Waals surface area contributed by atoms with Crippen molar-refractivity contribution in [1.82, 2.24) is 20.1 Å². The van der Waals surface area contributed by atoms with Crippen LogP contribution in [0, 0.1) is 17.6 Å². The minimum Gasteiger partial charge on any atom is -0.468 e. The lowest BCUT2D eigenvalue weighted by molar-refractivity contribution is -0.141. The van der Waals surface area contributed by atoms with Crippen LogP contribution in [-0.2, 0) is 38.4 Å². The number of aryl methyl sites for hydroxylation is 1. The van der Waals surface area contributed by atoms with Crippen LogP contribution < -0.4 is 5.32 Å². The van der Waals surface area contributed by atoms with Crippen LogP contribution >= 0.6 is 22.9 Å². The van der Waals surface area contributed by atoms with E-state index in [1.807, 2.05) is 0 Å². The smallest absolute Gasteiger partial charge is 0.338 e. The SMILES string of the molecule is C.CCOC(=O)C1=C(C2CCc3nn(CC(=O)OC)cc3C2)NC(c2nccs2)=NC1c1ccc(F)c(F)c1Cl. The van der Waals surface area contributed by atoms with Crippen molar-refractivity contribution in [1.29, 1.82) is 0 Å². The van der Waals surface area contributed by atoms with E-state index in [0.29, 0.717) is 35.8 Å². The topological polar surface area (TPSA) is 108 Å². The van der Waals surface area contributed by atoms with Gasteiger partial charge in [0.15, 0.2) is 22.5 Å². The summed E-state index contributed by atoms with van der Waals surface area (Å²) < 4.78 is 40.2. The van der Waals surface area contributed by atoms with Gasteiger partial charge in [0.1, 0.15) is 12.6 Å². The average Bonchev–Trinajstić information content (AvgIpc) is 3.61. The highest BCUT2D eigenvalue weighted by atomic mass is 35.5. The molecule has 2 unspecified atom stereocenters. The van der Waals surface area contributed by atoms with Crippen molar-refractivity contribution in [2.75, 3.05) is 13.7 Å². The molecule has 1 aliphatic carbocycles. The fraction of sp³-hybridized carbons (Fsp3) is 0.370. The normalized spacial score (nSPS) is 18.3. The van der Waals surface area contributed by atoms with Gasteiger partial charge in [-0.1, -0.05) is 25.1 Å². The number of hydrogen-bond donors (Lipinski definition) is 1. The Labute approximate surface area is 238 Å². The molecule has 0 radical (unpaired) electrons. The fourth-order valence-corrected chi connectivity index (χ4v) is 5.68. The second-order valence-electron chi connectivity index (χ2n) is 8.97. The highest BCUT2D eigenvalue weighted by Gasteiger charge is 2.38. The van der Waals surface area contributed by atoms with Crippen LogP contribution in [0.3, 0.4) is 0 Å². The van der Waals surface area contributed by atoms with Gasteiger partial charge in [-0.25, -0.2) is 18.6 Å². The van der Waals surface area contributed by atoms with E-state index in [1.54, 1.807) is 29.4 Å². The summed E-state index contributed by atoms with van der Waals surface area (Å²) in [4.78, 5) is 34.2. The number of aliphatic imine (C=N–C) groups is 1. The Kier molecular flexibility index (Phi) is 8.99. The number of thiazole rings is 1. The summed E-state index contributed by atoms with van der Waals surface area (Å²) in [6.07, 6.45) is 5.14. The summed E-state index contributed by atoms with van der Waals surface area (Å²) in [5.41, 5.74) is 2.63. The highest BCUT2D eigenvalue weighted by molar-refractivity contribution is 7.11. The van der Waals surface area contributed by atoms with Crippen LogP contribution in [0.5, 0.6) is 0 Å². The van der Waals surface area contributed by atoms with Crippen molar-refractivity contribution in [3.63, 3.8) is 0 Å². The Hall–Kier alpha value is -3.64. The van der Waals surface area contributed by atoms with Gasteiger partial charge in [-0.3, -0.25) is 14.5 Å². The van der Waals surface area contributed by atoms with Crippen LogP contribution in [0.15, 0.2) is 46.2 Å². The van der Waals surface area contributed by atoms with Gasteiger partial charge in [0.05, 0.1) is 30.0 Å². The Bertz CT molecular complexity index is 1490. The average molecular weight is 592 g/mol. The molecule has 9 nitrogen and oxygen atoms in total. The van der Waals surface area contributed by atoms with E-state index in [-0.39, 0.29) is 37.6 Å². The van der Waals surface area contributed by atoms with E-state index in [0.717, 1.165) is 17.3 Å². The molecule has 5 rings (SSSR count). The van der Waals surface area contributed by atoms with Crippen molar-refractivity contribution in [3.8, 4) is 0 Å². The number of halogens is 3. The molecule has 3 heterocycles. The Morgan fingerprint density at radius 1 is 1.30 bits per heavy atom. The van der Waals surface area contributed by atoms with Gasteiger partial charge >= 0.3 is 11.9 Å². The van der Waals surface area contributed by atoms with Gasteiger partial charge in [-0.05, 0) is 37.8 Å². The van der Waals surface area contributed by atoms with Crippen molar-refractivity contribution < 1.29 is 27.8 Å². The zero-order valence-electron chi connectivity index (χ0n) is 21.0. The molecule has 3 aromatic rings. The number of ether oxygens (including phenoxy) is 2. The number of esters is 2. The standard InChI is InChI=1S/C26H24ClF2N5O4S.CH4/c1-3-38-26(36)19-22(13-4-7-17-14(10-13)11-34(33-17)12-18(35)37-2)31-24(25-30-8-9-39-25)32-23(19)15-5-6-16(28)21(29)20(15)27;/h5-6,8-9,11,13,23H,3-4,7,10,12H2,1-2H3,(H,31,32);1H4. The minimum atomic E-state index is -1.22. The lowest BCUT2D eigenvalue weighted by atomic mass is 9.81. The monoisotopic (exact) mass is 591 g/mol. The molecule has 1 aliphatic heterocycles. The van der Waals surface area contributed by atoms with Gasteiger partial charge < -0.3 is 14.8 Å². The molecule has 40 heavy (non-hydrogen) atoms. The van der Waals surface area contributed by atoms with E-state index in [4.69, 9.17) is 26.1 Å². The molecular weight excluding hydrogens is 564 g/mol. The van der Waals surface area contributed by atoms with E-state index in [2.05, 4.69) is 15.4 Å². The lowest BCUT2D eigenvalue weighted by Gasteiger charge is -2.33. The van der Waals surface area contributed by atoms with Crippen LogP contribution in [0.4, 0.5) is 8.78 Å². The van der Waals surface area contributed by atoms with Crippen molar-refractivity contribution in [2.24, 2.45) is 10.9 Å². The van der Waals surface area contributed by atoms with Gasteiger partial charge in [0.2, 0.25) is 0 Å². The van der Waals surface area contributed by atoms with Crippen molar-refractivity contribution >= 4 is 40.7 Å². The van der Waals surface area contributed by atoms with Crippen molar-refractivity contribution in [2.45, 2.75) is 46.2 Å². The Morgan fingerprint density at radius 3 is 2.80 bits per heavy atom. The van der Waals surface area contributed by atoms with Crippen LogP contribution in [0.2, 0.25) is 5.02 Å². The summed E-state index contributed by atoms with van der Waals surface area (Å²) in [5, 5.41) is 9.70. The number of nitrogens with one attached hydrogen (secondary N) is 1. The Balaban J connectivity index is 0.00000370. The second kappa shape index (κ2) is 12.3. The summed E-state index contributed by atoms with van der Waals surface area (Å²) in [5.74, 6) is -3.20. The summed E-state index contributed by atoms with van der Waals surface area (Å²) in [6.45, 7) is 1.77. The van der Waals surface area contributed by atoms with Gasteiger partial charge in [-0.2, -0.15) is 5.10 Å². The molecule has 1 N–H and O–H groups in total. The molecule has 1 aromatic carbocycles. The largest absolute Gasteiger partial charge is 0.468 e. The van der Waals surface area contributed by atoms with Crippen LogP contribution in [-0.4, -0.2) is 46.3 Å². The molecule has 0 amide bonds. The lowest BCUT2D eigenvalue weighted by Crippen LogP contribution is -2.38. The number of benzene rings is 1. The first-order valence-corrected chi connectivity index (χ1v) is 13.5.